The van der Waals surface area contributed by atoms with Gasteiger partial charge in [0.25, 0.3) is 0 Å². The van der Waals surface area contributed by atoms with Crippen LogP contribution in [0.3, 0.4) is 0 Å². The van der Waals surface area contributed by atoms with Gasteiger partial charge in [-0.3, -0.25) is 4.79 Å². The Morgan fingerprint density at radius 2 is 1.46 bits per heavy atom. The van der Waals surface area contributed by atoms with Crippen molar-refractivity contribution in [3.63, 3.8) is 0 Å². The molecule has 0 atom stereocenters. The number of Topliss-reactive ketones (excluding diaryl/α,β-unsaturated/α-hetero) is 1. The fourth-order valence-corrected chi connectivity index (χ4v) is 2.64. The quantitative estimate of drug-likeness (QED) is 0.608. The van der Waals surface area contributed by atoms with E-state index in [1.807, 2.05) is 36.4 Å². The van der Waals surface area contributed by atoms with E-state index in [0.717, 1.165) is 42.0 Å². The lowest BCUT2D eigenvalue weighted by Crippen LogP contribution is -2.13. The zero-order chi connectivity index (χ0) is 16.7. The summed E-state index contributed by atoms with van der Waals surface area (Å²) in [6.45, 7) is 1.09. The van der Waals surface area contributed by atoms with E-state index in [4.69, 9.17) is 11.6 Å². The van der Waals surface area contributed by atoms with Gasteiger partial charge in [0, 0.05) is 17.0 Å². The third kappa shape index (κ3) is 7.04. The maximum absolute atomic E-state index is 12.3. The summed E-state index contributed by atoms with van der Waals surface area (Å²) in [6, 6.07) is 15.7. The molecule has 0 aliphatic heterocycles. The average Bonchev–Trinajstić information content (AvgIpc) is 2.54. The predicted molar refractivity (Wildman–Crippen MR) is 105 cm³/mol. The van der Waals surface area contributed by atoms with Crippen LogP contribution in [0.4, 0.5) is 0 Å². The number of aryl methyl sites for hydroxylation is 2. The van der Waals surface area contributed by atoms with Crippen molar-refractivity contribution in [1.29, 1.82) is 0 Å². The number of rotatable bonds is 8. The van der Waals surface area contributed by atoms with Crippen molar-refractivity contribution < 1.29 is 4.79 Å². The molecule has 2 nitrogen and oxygen atoms in total. The summed E-state index contributed by atoms with van der Waals surface area (Å²) in [6.07, 6.45) is 3.47. The molecule has 0 aromatic heterocycles. The molecule has 0 heterocycles. The van der Waals surface area contributed by atoms with Gasteiger partial charge in [0.2, 0.25) is 0 Å². The lowest BCUT2D eigenvalue weighted by atomic mass is 10.0. The topological polar surface area (TPSA) is 20.3 Å². The van der Waals surface area contributed by atoms with E-state index in [-0.39, 0.29) is 18.2 Å². The molecule has 0 bridgehead atoms. The number of nitrogens with zero attached hydrogens (tertiary/aromatic N) is 1. The monoisotopic (exact) mass is 365 g/mol. The maximum atomic E-state index is 12.3. The molecule has 0 saturated carbocycles. The molecule has 0 spiro atoms. The number of hydrogen-bond donors (Lipinski definition) is 0. The van der Waals surface area contributed by atoms with Crippen LogP contribution < -0.4 is 0 Å². The summed E-state index contributed by atoms with van der Waals surface area (Å²) in [5, 5.41) is 0.727. The molecular formula is C20H25Cl2NO. The van der Waals surface area contributed by atoms with Gasteiger partial charge in [0.1, 0.15) is 0 Å². The number of benzene rings is 2. The van der Waals surface area contributed by atoms with Crippen LogP contribution in [0.1, 0.15) is 34.3 Å². The van der Waals surface area contributed by atoms with Crippen LogP contribution in [0, 0.1) is 0 Å². The van der Waals surface area contributed by atoms with Gasteiger partial charge in [-0.15, -0.1) is 12.4 Å². The highest BCUT2D eigenvalue weighted by Gasteiger charge is 2.06. The summed E-state index contributed by atoms with van der Waals surface area (Å²) in [5.74, 6) is 0.194. The molecule has 0 amide bonds. The Morgan fingerprint density at radius 1 is 0.917 bits per heavy atom. The third-order valence-corrected chi connectivity index (χ3v) is 4.15. The van der Waals surface area contributed by atoms with Crippen LogP contribution in [0.25, 0.3) is 0 Å². The van der Waals surface area contributed by atoms with Crippen LogP contribution in [0.15, 0.2) is 48.5 Å². The van der Waals surface area contributed by atoms with Gasteiger partial charge in [0.05, 0.1) is 0 Å². The van der Waals surface area contributed by atoms with Gasteiger partial charge in [-0.25, -0.2) is 0 Å². The van der Waals surface area contributed by atoms with E-state index in [1.54, 1.807) is 0 Å². The van der Waals surface area contributed by atoms with Gasteiger partial charge in [0.15, 0.2) is 5.78 Å². The molecule has 2 aromatic rings. The van der Waals surface area contributed by atoms with Crippen molar-refractivity contribution in [3.05, 3.63) is 70.2 Å². The zero-order valence-corrected chi connectivity index (χ0v) is 15.9. The Morgan fingerprint density at radius 3 is 2.04 bits per heavy atom. The summed E-state index contributed by atoms with van der Waals surface area (Å²) >= 11 is 5.87. The first kappa shape index (κ1) is 20.7. The van der Waals surface area contributed by atoms with Gasteiger partial charge in [-0.05, 0) is 63.2 Å². The molecule has 2 rings (SSSR count). The van der Waals surface area contributed by atoms with E-state index in [2.05, 4.69) is 31.1 Å². The number of ketones is 1. The first-order valence-corrected chi connectivity index (χ1v) is 8.44. The molecule has 130 valence electrons. The molecule has 0 aliphatic carbocycles. The minimum atomic E-state index is 0. The molecule has 0 N–H and O–H groups in total. The van der Waals surface area contributed by atoms with Crippen LogP contribution in [-0.2, 0) is 12.8 Å². The molecule has 24 heavy (non-hydrogen) atoms. The Balaban J connectivity index is 0.00000288. The first-order chi connectivity index (χ1) is 11.0. The smallest absolute Gasteiger partial charge is 0.163 e. The summed E-state index contributed by atoms with van der Waals surface area (Å²) in [4.78, 5) is 14.5. The fourth-order valence-electron chi connectivity index (χ4n) is 2.51. The number of carbonyl (C=O) groups excluding carboxylic acids is 1. The molecule has 4 heteroatoms. The molecule has 0 unspecified atom stereocenters. The van der Waals surface area contributed by atoms with Crippen molar-refractivity contribution in [2.75, 3.05) is 20.6 Å². The molecule has 2 aromatic carbocycles. The number of carbonyl (C=O) groups is 1. The normalized spacial score (nSPS) is 10.5. The highest BCUT2D eigenvalue weighted by molar-refractivity contribution is 6.30. The van der Waals surface area contributed by atoms with Crippen molar-refractivity contribution in [3.8, 4) is 0 Å². The Hall–Kier alpha value is -1.35. The second-order valence-electron chi connectivity index (χ2n) is 6.15. The van der Waals surface area contributed by atoms with Crippen LogP contribution in [-0.4, -0.2) is 31.3 Å². The Labute approximate surface area is 156 Å². The van der Waals surface area contributed by atoms with E-state index in [0.29, 0.717) is 6.42 Å². The van der Waals surface area contributed by atoms with Crippen molar-refractivity contribution in [2.24, 2.45) is 0 Å². The second-order valence-corrected chi connectivity index (χ2v) is 6.59. The lowest BCUT2D eigenvalue weighted by molar-refractivity contribution is 0.0983. The number of halogens is 2. The van der Waals surface area contributed by atoms with Crippen molar-refractivity contribution in [1.82, 2.24) is 4.90 Å². The summed E-state index contributed by atoms with van der Waals surface area (Å²) < 4.78 is 0. The highest BCUT2D eigenvalue weighted by Crippen LogP contribution is 2.14. The summed E-state index contributed by atoms with van der Waals surface area (Å²) in [7, 11) is 4.17. The third-order valence-electron chi connectivity index (χ3n) is 3.90. The minimum absolute atomic E-state index is 0. The first-order valence-electron chi connectivity index (χ1n) is 8.06. The van der Waals surface area contributed by atoms with Crippen molar-refractivity contribution in [2.45, 2.75) is 25.7 Å². The van der Waals surface area contributed by atoms with Crippen LogP contribution in [0.2, 0.25) is 5.02 Å². The SMILES string of the molecule is CN(C)CCCc1ccc(C(=O)CCc2ccc(Cl)cc2)cc1.Cl. The maximum Gasteiger partial charge on any atom is 0.163 e. The van der Waals surface area contributed by atoms with Gasteiger partial charge in [-0.1, -0.05) is 48.0 Å². The van der Waals surface area contributed by atoms with Crippen LogP contribution >= 0.6 is 24.0 Å². The van der Waals surface area contributed by atoms with Gasteiger partial charge >= 0.3 is 0 Å². The summed E-state index contributed by atoms with van der Waals surface area (Å²) in [5.41, 5.74) is 3.24. The van der Waals surface area contributed by atoms with Crippen LogP contribution in [0.5, 0.6) is 0 Å². The molecule has 0 saturated heterocycles. The second kappa shape index (κ2) is 10.5. The Bertz CT molecular complexity index is 621. The molecule has 0 radical (unpaired) electrons. The minimum Gasteiger partial charge on any atom is -0.309 e. The largest absolute Gasteiger partial charge is 0.309 e. The van der Waals surface area contributed by atoms with Gasteiger partial charge in [-0.2, -0.15) is 0 Å². The van der Waals surface area contributed by atoms with Gasteiger partial charge < -0.3 is 4.90 Å². The zero-order valence-electron chi connectivity index (χ0n) is 14.3. The molecule has 0 aliphatic rings. The molecular weight excluding hydrogens is 341 g/mol. The fraction of sp³-hybridized carbons (Fsp3) is 0.350. The Kier molecular flexibility index (Phi) is 9.05. The average molecular weight is 366 g/mol. The molecule has 0 fully saturated rings. The lowest BCUT2D eigenvalue weighted by Gasteiger charge is -2.09. The van der Waals surface area contributed by atoms with E-state index < -0.39 is 0 Å². The van der Waals surface area contributed by atoms with E-state index >= 15 is 0 Å². The number of hydrogen-bond acceptors (Lipinski definition) is 2. The highest BCUT2D eigenvalue weighted by atomic mass is 35.5. The standard InChI is InChI=1S/C20H24ClNO.ClH/c1-22(2)15-3-4-16-5-10-18(11-6-16)20(23)14-9-17-7-12-19(21)13-8-17;/h5-8,10-13H,3-4,9,14-15H2,1-2H3;1H. The van der Waals surface area contributed by atoms with E-state index in [9.17, 15) is 4.79 Å². The van der Waals surface area contributed by atoms with Crippen molar-refractivity contribution >= 4 is 29.8 Å². The predicted octanol–water partition coefficient (Wildman–Crippen LogP) is 5.07. The van der Waals surface area contributed by atoms with E-state index in [1.165, 1.54) is 5.56 Å².